The summed E-state index contributed by atoms with van der Waals surface area (Å²) in [7, 11) is 0. The van der Waals surface area contributed by atoms with Crippen molar-refractivity contribution < 1.29 is 23.8 Å². The molecule has 1 aromatic carbocycles. The quantitative estimate of drug-likeness (QED) is 0.463. The third-order valence-corrected chi connectivity index (χ3v) is 5.36. The summed E-state index contributed by atoms with van der Waals surface area (Å²) in [6, 6.07) is 7.56. The summed E-state index contributed by atoms with van der Waals surface area (Å²) in [6.07, 6.45) is 1.30. The standard InChI is InChI=1S/C20H21N3O5S/c1-20(2)27-17(24)15(18(25)28-20)11-21-14-5-3-13(4-6-14)16-12-29-19(22-16)23-7-9-26-10-8-23/h3-6,11-12,21H,7-10H2,1-2H3. The maximum absolute atomic E-state index is 12.0. The van der Waals surface area contributed by atoms with Crippen LogP contribution in [0.1, 0.15) is 13.8 Å². The molecule has 8 nitrogen and oxygen atoms in total. The maximum Gasteiger partial charge on any atom is 0.350 e. The second kappa shape index (κ2) is 7.84. The number of hydrogen-bond acceptors (Lipinski definition) is 9. The zero-order valence-electron chi connectivity index (χ0n) is 16.1. The molecular weight excluding hydrogens is 394 g/mol. The number of thiazole rings is 1. The summed E-state index contributed by atoms with van der Waals surface area (Å²) in [5.74, 6) is -2.68. The molecule has 0 amide bonds. The number of rotatable bonds is 4. The summed E-state index contributed by atoms with van der Waals surface area (Å²) in [5, 5.41) is 5.96. The molecule has 0 spiro atoms. The normalized spacial score (nSPS) is 18.8. The molecule has 2 fully saturated rings. The highest BCUT2D eigenvalue weighted by Gasteiger charge is 2.38. The van der Waals surface area contributed by atoms with Crippen molar-refractivity contribution in [1.29, 1.82) is 0 Å². The molecule has 2 aliphatic heterocycles. The minimum atomic E-state index is -1.25. The van der Waals surface area contributed by atoms with Gasteiger partial charge in [-0.2, -0.15) is 0 Å². The molecule has 1 aromatic heterocycles. The number of benzene rings is 1. The van der Waals surface area contributed by atoms with Crippen LogP contribution in [0.2, 0.25) is 0 Å². The molecule has 2 aromatic rings. The fourth-order valence-electron chi connectivity index (χ4n) is 2.97. The van der Waals surface area contributed by atoms with E-state index in [0.29, 0.717) is 0 Å². The Bertz CT molecular complexity index is 923. The number of hydrogen-bond donors (Lipinski definition) is 1. The average Bonchev–Trinajstić information content (AvgIpc) is 3.18. The number of carbonyl (C=O) groups is 2. The molecule has 4 rings (SSSR count). The van der Waals surface area contributed by atoms with Gasteiger partial charge in [-0.25, -0.2) is 14.6 Å². The second-order valence-electron chi connectivity index (χ2n) is 7.07. The van der Waals surface area contributed by atoms with E-state index in [0.717, 1.165) is 48.4 Å². The zero-order valence-corrected chi connectivity index (χ0v) is 17.0. The van der Waals surface area contributed by atoms with Gasteiger partial charge in [0, 0.05) is 49.8 Å². The molecular formula is C20H21N3O5S. The van der Waals surface area contributed by atoms with E-state index in [4.69, 9.17) is 19.2 Å². The molecule has 0 aliphatic carbocycles. The van der Waals surface area contributed by atoms with Crippen molar-refractivity contribution in [3.05, 3.63) is 41.4 Å². The molecule has 9 heteroatoms. The lowest BCUT2D eigenvalue weighted by Crippen LogP contribution is -2.42. The summed E-state index contributed by atoms with van der Waals surface area (Å²) < 4.78 is 15.5. The largest absolute Gasteiger partial charge is 0.419 e. The fraction of sp³-hybridized carbons (Fsp3) is 0.350. The minimum Gasteiger partial charge on any atom is -0.419 e. The first-order chi connectivity index (χ1) is 13.9. The highest BCUT2D eigenvalue weighted by Crippen LogP contribution is 2.29. The van der Waals surface area contributed by atoms with Crippen LogP contribution < -0.4 is 10.2 Å². The Morgan fingerprint density at radius 2 is 1.76 bits per heavy atom. The lowest BCUT2D eigenvalue weighted by molar-refractivity contribution is -0.222. The first-order valence-corrected chi connectivity index (χ1v) is 10.1. The van der Waals surface area contributed by atoms with E-state index in [1.165, 1.54) is 20.0 Å². The summed E-state index contributed by atoms with van der Waals surface area (Å²) in [4.78, 5) is 30.9. The molecule has 0 unspecified atom stereocenters. The summed E-state index contributed by atoms with van der Waals surface area (Å²) >= 11 is 1.62. The first kappa shape index (κ1) is 19.4. The van der Waals surface area contributed by atoms with Gasteiger partial charge in [-0.3, -0.25) is 0 Å². The van der Waals surface area contributed by atoms with Gasteiger partial charge in [0.15, 0.2) is 10.7 Å². The van der Waals surface area contributed by atoms with Crippen LogP contribution in [0.5, 0.6) is 0 Å². The number of anilines is 2. The molecule has 2 saturated heterocycles. The SMILES string of the molecule is CC1(C)OC(=O)C(=CNc2ccc(-c3csc(N4CCOCC4)n3)cc2)C(=O)O1. The van der Waals surface area contributed by atoms with E-state index in [1.54, 1.807) is 11.3 Å². The molecule has 3 heterocycles. The van der Waals surface area contributed by atoms with Crippen LogP contribution in [-0.4, -0.2) is 49.0 Å². The zero-order chi connectivity index (χ0) is 20.4. The van der Waals surface area contributed by atoms with Crippen LogP contribution in [0.15, 0.2) is 41.4 Å². The number of nitrogens with one attached hydrogen (secondary N) is 1. The van der Waals surface area contributed by atoms with Gasteiger partial charge >= 0.3 is 11.9 Å². The predicted octanol–water partition coefficient (Wildman–Crippen LogP) is 2.78. The molecule has 0 bridgehead atoms. The Kier molecular flexibility index (Phi) is 5.25. The molecule has 2 aliphatic rings. The number of cyclic esters (lactones) is 2. The van der Waals surface area contributed by atoms with Gasteiger partial charge in [-0.1, -0.05) is 12.1 Å². The van der Waals surface area contributed by atoms with Crippen molar-refractivity contribution in [1.82, 2.24) is 4.98 Å². The number of esters is 2. The second-order valence-corrected chi connectivity index (χ2v) is 7.91. The van der Waals surface area contributed by atoms with Crippen LogP contribution in [0.4, 0.5) is 10.8 Å². The minimum absolute atomic E-state index is 0.178. The number of ether oxygens (including phenoxy) is 3. The van der Waals surface area contributed by atoms with E-state index in [2.05, 4.69) is 10.2 Å². The van der Waals surface area contributed by atoms with Crippen molar-refractivity contribution in [3.8, 4) is 11.3 Å². The van der Waals surface area contributed by atoms with Crippen LogP contribution >= 0.6 is 11.3 Å². The Hall–Kier alpha value is -2.91. The highest BCUT2D eigenvalue weighted by atomic mass is 32.1. The molecule has 152 valence electrons. The smallest absolute Gasteiger partial charge is 0.350 e. The molecule has 29 heavy (non-hydrogen) atoms. The number of nitrogens with zero attached hydrogens (tertiary/aromatic N) is 2. The number of carbonyl (C=O) groups excluding carboxylic acids is 2. The summed E-state index contributed by atoms with van der Waals surface area (Å²) in [6.45, 7) is 6.18. The van der Waals surface area contributed by atoms with Crippen LogP contribution in [0.3, 0.4) is 0 Å². The fourth-order valence-corrected chi connectivity index (χ4v) is 3.86. The van der Waals surface area contributed by atoms with Gasteiger partial charge in [0.1, 0.15) is 0 Å². The van der Waals surface area contributed by atoms with Crippen LogP contribution in [0.25, 0.3) is 11.3 Å². The van der Waals surface area contributed by atoms with Gasteiger partial charge in [0.2, 0.25) is 0 Å². The first-order valence-electron chi connectivity index (χ1n) is 9.23. The van der Waals surface area contributed by atoms with Gasteiger partial charge in [0.25, 0.3) is 5.79 Å². The molecule has 0 atom stereocenters. The average molecular weight is 415 g/mol. The van der Waals surface area contributed by atoms with Gasteiger partial charge in [0.05, 0.1) is 18.9 Å². The van der Waals surface area contributed by atoms with Crippen molar-refractivity contribution in [3.63, 3.8) is 0 Å². The lowest BCUT2D eigenvalue weighted by atomic mass is 10.1. The van der Waals surface area contributed by atoms with Crippen LogP contribution in [-0.2, 0) is 23.8 Å². The van der Waals surface area contributed by atoms with E-state index >= 15 is 0 Å². The van der Waals surface area contributed by atoms with E-state index in [9.17, 15) is 9.59 Å². The maximum atomic E-state index is 12.0. The molecule has 0 radical (unpaired) electrons. The predicted molar refractivity (Wildman–Crippen MR) is 109 cm³/mol. The third kappa shape index (κ3) is 4.41. The highest BCUT2D eigenvalue weighted by molar-refractivity contribution is 7.14. The number of morpholine rings is 1. The van der Waals surface area contributed by atoms with E-state index in [-0.39, 0.29) is 5.57 Å². The van der Waals surface area contributed by atoms with E-state index < -0.39 is 17.7 Å². The molecule has 0 saturated carbocycles. The Labute approximate surface area is 172 Å². The lowest BCUT2D eigenvalue weighted by Gasteiger charge is -2.29. The van der Waals surface area contributed by atoms with Gasteiger partial charge < -0.3 is 24.4 Å². The van der Waals surface area contributed by atoms with Crippen molar-refractivity contribution >= 4 is 34.1 Å². The van der Waals surface area contributed by atoms with E-state index in [1.807, 2.05) is 29.6 Å². The Balaban J connectivity index is 1.43. The third-order valence-electron chi connectivity index (χ3n) is 4.45. The topological polar surface area (TPSA) is 90.0 Å². The van der Waals surface area contributed by atoms with Crippen molar-refractivity contribution in [2.24, 2.45) is 0 Å². The summed E-state index contributed by atoms with van der Waals surface area (Å²) in [5.41, 5.74) is 2.43. The van der Waals surface area contributed by atoms with Gasteiger partial charge in [-0.15, -0.1) is 11.3 Å². The number of aromatic nitrogens is 1. The Morgan fingerprint density at radius 1 is 1.10 bits per heavy atom. The van der Waals surface area contributed by atoms with Crippen molar-refractivity contribution in [2.75, 3.05) is 36.5 Å². The molecule has 1 N–H and O–H groups in total. The monoisotopic (exact) mass is 415 g/mol. The van der Waals surface area contributed by atoms with Gasteiger partial charge in [-0.05, 0) is 12.1 Å². The Morgan fingerprint density at radius 3 is 2.41 bits per heavy atom. The van der Waals surface area contributed by atoms with Crippen molar-refractivity contribution in [2.45, 2.75) is 19.6 Å². The van der Waals surface area contributed by atoms with Crippen LogP contribution in [0, 0.1) is 0 Å².